The Balaban J connectivity index is 5.17. The van der Waals surface area contributed by atoms with Crippen LogP contribution in [-0.4, -0.2) is 50.3 Å². The highest BCUT2D eigenvalue weighted by Gasteiger charge is 2.37. The summed E-state index contributed by atoms with van der Waals surface area (Å²) >= 11 is 0. The topological polar surface area (TPSA) is 105 Å². The van der Waals surface area contributed by atoms with Crippen LogP contribution in [0.3, 0.4) is 0 Å². The molecule has 0 unspecified atom stereocenters. The molecule has 0 rings (SSSR count). The SMILES string of the molecule is CCC(=O)OCC(COC(C)=O)(COC(=O)CC)COC(=O)CC. The van der Waals surface area contributed by atoms with Crippen molar-refractivity contribution in [2.75, 3.05) is 26.4 Å². The molecule has 8 nitrogen and oxygen atoms in total. The van der Waals surface area contributed by atoms with Crippen molar-refractivity contribution in [2.24, 2.45) is 5.41 Å². The zero-order valence-corrected chi connectivity index (χ0v) is 14.7. The number of hydrogen-bond acceptors (Lipinski definition) is 8. The van der Waals surface area contributed by atoms with Crippen LogP contribution in [0.15, 0.2) is 0 Å². The van der Waals surface area contributed by atoms with E-state index in [0.717, 1.165) is 0 Å². The first-order chi connectivity index (χ1) is 11.3. The largest absolute Gasteiger partial charge is 0.465 e. The van der Waals surface area contributed by atoms with E-state index in [2.05, 4.69) is 0 Å². The molecule has 0 amide bonds. The summed E-state index contributed by atoms with van der Waals surface area (Å²) in [5.74, 6) is -1.95. The number of esters is 4. The quantitative estimate of drug-likeness (QED) is 0.408. The summed E-state index contributed by atoms with van der Waals surface area (Å²) in [6.07, 6.45) is 0.480. The smallest absolute Gasteiger partial charge is 0.305 e. The van der Waals surface area contributed by atoms with Gasteiger partial charge in [0.2, 0.25) is 0 Å². The van der Waals surface area contributed by atoms with Crippen molar-refractivity contribution in [2.45, 2.75) is 47.0 Å². The zero-order chi connectivity index (χ0) is 18.6. The van der Waals surface area contributed by atoms with Gasteiger partial charge in [0.15, 0.2) is 0 Å². The molecule has 0 heterocycles. The van der Waals surface area contributed by atoms with Gasteiger partial charge < -0.3 is 18.9 Å². The van der Waals surface area contributed by atoms with Crippen LogP contribution >= 0.6 is 0 Å². The van der Waals surface area contributed by atoms with Gasteiger partial charge in [0.05, 0.1) is 0 Å². The maximum Gasteiger partial charge on any atom is 0.305 e. The molecule has 0 bridgehead atoms. The Morgan fingerprint density at radius 1 is 0.625 bits per heavy atom. The van der Waals surface area contributed by atoms with Gasteiger partial charge in [-0.05, 0) is 0 Å². The highest BCUT2D eigenvalue weighted by molar-refractivity contribution is 5.70. The Labute approximate surface area is 141 Å². The summed E-state index contributed by atoms with van der Waals surface area (Å²) in [6, 6.07) is 0. The molecule has 0 aliphatic rings. The summed E-state index contributed by atoms with van der Waals surface area (Å²) < 4.78 is 20.3. The lowest BCUT2D eigenvalue weighted by molar-refractivity contribution is -0.169. The minimum atomic E-state index is -1.15. The van der Waals surface area contributed by atoms with E-state index >= 15 is 0 Å². The summed E-state index contributed by atoms with van der Waals surface area (Å²) in [5, 5.41) is 0. The second kappa shape index (κ2) is 11.4. The van der Waals surface area contributed by atoms with Crippen LogP contribution in [0.4, 0.5) is 0 Å². The standard InChI is InChI=1S/C16H26O8/c1-5-13(18)22-9-16(8-21-12(4)17,10-23-14(19)6-2)11-24-15(20)7-3/h5-11H2,1-4H3. The van der Waals surface area contributed by atoms with Crippen molar-refractivity contribution in [3.63, 3.8) is 0 Å². The van der Waals surface area contributed by atoms with Gasteiger partial charge in [0.25, 0.3) is 0 Å². The van der Waals surface area contributed by atoms with Gasteiger partial charge in [0.1, 0.15) is 31.8 Å². The summed E-state index contributed by atoms with van der Waals surface area (Å²) in [7, 11) is 0. The van der Waals surface area contributed by atoms with Crippen molar-refractivity contribution in [1.29, 1.82) is 0 Å². The first kappa shape index (κ1) is 21.9. The fourth-order valence-corrected chi connectivity index (χ4v) is 1.51. The predicted molar refractivity (Wildman–Crippen MR) is 82.8 cm³/mol. The van der Waals surface area contributed by atoms with Gasteiger partial charge >= 0.3 is 23.9 Å². The van der Waals surface area contributed by atoms with Gasteiger partial charge in [-0.1, -0.05) is 20.8 Å². The molecule has 0 saturated carbocycles. The fraction of sp³-hybridized carbons (Fsp3) is 0.750. The van der Waals surface area contributed by atoms with E-state index in [0.29, 0.717) is 0 Å². The van der Waals surface area contributed by atoms with E-state index in [1.807, 2.05) is 0 Å². The first-order valence-corrected chi connectivity index (χ1v) is 7.88. The molecular weight excluding hydrogens is 320 g/mol. The van der Waals surface area contributed by atoms with E-state index in [4.69, 9.17) is 18.9 Å². The van der Waals surface area contributed by atoms with Gasteiger partial charge in [-0.25, -0.2) is 0 Å². The molecule has 0 aromatic rings. The number of rotatable bonds is 11. The minimum Gasteiger partial charge on any atom is -0.465 e. The molecule has 0 aliphatic heterocycles. The molecule has 24 heavy (non-hydrogen) atoms. The predicted octanol–water partition coefficient (Wildman–Crippen LogP) is 1.40. The van der Waals surface area contributed by atoms with Crippen LogP contribution in [-0.2, 0) is 38.1 Å². The molecule has 0 aliphatic carbocycles. The van der Waals surface area contributed by atoms with Crippen LogP contribution in [0.1, 0.15) is 47.0 Å². The molecule has 8 heteroatoms. The highest BCUT2D eigenvalue weighted by atomic mass is 16.6. The molecule has 0 fully saturated rings. The lowest BCUT2D eigenvalue weighted by atomic mass is 9.92. The Kier molecular flexibility index (Phi) is 10.4. The van der Waals surface area contributed by atoms with Crippen molar-refractivity contribution >= 4 is 23.9 Å². The zero-order valence-electron chi connectivity index (χ0n) is 14.7. The third-order valence-corrected chi connectivity index (χ3v) is 3.07. The minimum absolute atomic E-state index is 0.160. The molecule has 0 aromatic carbocycles. The van der Waals surface area contributed by atoms with Gasteiger partial charge in [-0.2, -0.15) is 0 Å². The molecular formula is C16H26O8. The van der Waals surface area contributed by atoms with Crippen LogP contribution in [0.2, 0.25) is 0 Å². The number of ether oxygens (including phenoxy) is 4. The second-order valence-corrected chi connectivity index (χ2v) is 5.32. The molecule has 0 spiro atoms. The van der Waals surface area contributed by atoms with Gasteiger partial charge in [-0.3, -0.25) is 19.2 Å². The maximum absolute atomic E-state index is 11.4. The Morgan fingerprint density at radius 2 is 0.917 bits per heavy atom. The maximum atomic E-state index is 11.4. The summed E-state index contributed by atoms with van der Waals surface area (Å²) in [6.45, 7) is 5.27. The lowest BCUT2D eigenvalue weighted by Gasteiger charge is -2.31. The average Bonchev–Trinajstić information content (AvgIpc) is 2.59. The van der Waals surface area contributed by atoms with E-state index in [-0.39, 0.29) is 45.7 Å². The van der Waals surface area contributed by atoms with Gasteiger partial charge in [0, 0.05) is 26.2 Å². The molecule has 0 radical (unpaired) electrons. The second-order valence-electron chi connectivity index (χ2n) is 5.32. The average molecular weight is 346 g/mol. The number of hydrogen-bond donors (Lipinski definition) is 0. The summed E-state index contributed by atoms with van der Waals surface area (Å²) in [5.41, 5.74) is -1.15. The number of carbonyl (C=O) groups is 4. The first-order valence-electron chi connectivity index (χ1n) is 7.88. The Morgan fingerprint density at radius 3 is 1.17 bits per heavy atom. The highest BCUT2D eigenvalue weighted by Crippen LogP contribution is 2.22. The van der Waals surface area contributed by atoms with Crippen molar-refractivity contribution < 1.29 is 38.1 Å². The Bertz CT molecular complexity index is 393. The van der Waals surface area contributed by atoms with Crippen molar-refractivity contribution in [1.82, 2.24) is 0 Å². The van der Waals surface area contributed by atoms with Crippen LogP contribution in [0, 0.1) is 5.41 Å². The summed E-state index contributed by atoms with van der Waals surface area (Å²) in [4.78, 5) is 45.4. The van der Waals surface area contributed by atoms with E-state index in [1.165, 1.54) is 6.92 Å². The molecule has 0 saturated heterocycles. The lowest BCUT2D eigenvalue weighted by Crippen LogP contribution is -2.43. The molecule has 0 N–H and O–H groups in total. The fourth-order valence-electron chi connectivity index (χ4n) is 1.51. The third-order valence-electron chi connectivity index (χ3n) is 3.07. The van der Waals surface area contributed by atoms with Crippen LogP contribution in [0.25, 0.3) is 0 Å². The van der Waals surface area contributed by atoms with E-state index in [9.17, 15) is 19.2 Å². The number of carbonyl (C=O) groups excluding carboxylic acids is 4. The monoisotopic (exact) mass is 346 g/mol. The van der Waals surface area contributed by atoms with E-state index < -0.39 is 29.3 Å². The van der Waals surface area contributed by atoms with Crippen LogP contribution < -0.4 is 0 Å². The van der Waals surface area contributed by atoms with Crippen molar-refractivity contribution in [3.05, 3.63) is 0 Å². The van der Waals surface area contributed by atoms with Crippen molar-refractivity contribution in [3.8, 4) is 0 Å². The van der Waals surface area contributed by atoms with E-state index in [1.54, 1.807) is 20.8 Å². The third kappa shape index (κ3) is 9.12. The normalized spacial score (nSPS) is 10.7. The Hall–Kier alpha value is -2.12. The molecule has 138 valence electrons. The van der Waals surface area contributed by atoms with Gasteiger partial charge in [-0.15, -0.1) is 0 Å². The van der Waals surface area contributed by atoms with Crippen LogP contribution in [0.5, 0.6) is 0 Å². The molecule has 0 aromatic heterocycles. The molecule has 0 atom stereocenters.